The van der Waals surface area contributed by atoms with E-state index in [1.807, 2.05) is 0 Å². The highest BCUT2D eigenvalue weighted by molar-refractivity contribution is 7.71. The van der Waals surface area contributed by atoms with E-state index < -0.39 is 5.97 Å². The molecule has 0 fully saturated rings. The summed E-state index contributed by atoms with van der Waals surface area (Å²) in [6, 6.07) is 3.19. The van der Waals surface area contributed by atoms with E-state index in [4.69, 9.17) is 17.3 Å². The average molecular weight is 198 g/mol. The van der Waals surface area contributed by atoms with Crippen LogP contribution in [0.3, 0.4) is 0 Å². The van der Waals surface area contributed by atoms with Crippen molar-refractivity contribution in [1.29, 1.82) is 0 Å². The molecule has 1 aromatic rings. The molecule has 3 N–H and O–H groups in total. The van der Waals surface area contributed by atoms with Gasteiger partial charge >= 0.3 is 5.97 Å². The Kier molecular flexibility index (Phi) is 3.09. The van der Waals surface area contributed by atoms with E-state index in [-0.39, 0.29) is 0 Å². The van der Waals surface area contributed by atoms with E-state index in [0.717, 1.165) is 6.21 Å². The Labute approximate surface area is 78.3 Å². The predicted octanol–water partition coefficient (Wildman–Crippen LogP) is 0.621. The number of aromatic nitrogens is 2. The first-order valence-electron chi connectivity index (χ1n) is 3.26. The largest absolute Gasteiger partial charge is 0.477 e. The molecule has 1 aromatic heterocycles. The third-order valence-electron chi connectivity index (χ3n) is 1.03. The second kappa shape index (κ2) is 4.31. The van der Waals surface area contributed by atoms with Crippen molar-refractivity contribution >= 4 is 30.2 Å². The Balaban J connectivity index is 2.60. The standard InChI is InChI=1S/C6H6N4O2S/c11-6(12)3-7-8-4-1-2-5(13)10-9-4/h1-3H,(H,8,9)(H,10,13)(H,11,12)/b7-3-. The summed E-state index contributed by atoms with van der Waals surface area (Å²) in [5.74, 6) is -0.734. The minimum Gasteiger partial charge on any atom is -0.477 e. The fourth-order valence-corrected chi connectivity index (χ4v) is 0.674. The first kappa shape index (κ1) is 9.33. The topological polar surface area (TPSA) is 90.4 Å². The average Bonchev–Trinajstić information content (AvgIpc) is 2.08. The fourth-order valence-electron chi connectivity index (χ4n) is 0.560. The molecule has 0 atom stereocenters. The number of aromatic amines is 1. The number of hydrazone groups is 1. The van der Waals surface area contributed by atoms with E-state index in [0.29, 0.717) is 10.5 Å². The molecule has 0 aliphatic carbocycles. The molecular formula is C6H6N4O2S. The zero-order valence-corrected chi connectivity index (χ0v) is 7.21. The van der Waals surface area contributed by atoms with Crippen molar-refractivity contribution in [1.82, 2.24) is 10.2 Å². The summed E-state index contributed by atoms with van der Waals surface area (Å²) >= 11 is 4.75. The van der Waals surface area contributed by atoms with Gasteiger partial charge in [0.15, 0.2) is 5.82 Å². The molecule has 6 nitrogen and oxygen atoms in total. The van der Waals surface area contributed by atoms with Gasteiger partial charge in [0.25, 0.3) is 0 Å². The molecule has 1 rings (SSSR count). The van der Waals surface area contributed by atoms with Crippen LogP contribution in [0.1, 0.15) is 0 Å². The van der Waals surface area contributed by atoms with Crippen LogP contribution in [0.5, 0.6) is 0 Å². The van der Waals surface area contributed by atoms with Crippen LogP contribution >= 0.6 is 12.2 Å². The van der Waals surface area contributed by atoms with E-state index in [9.17, 15) is 4.79 Å². The maximum Gasteiger partial charge on any atom is 0.348 e. The van der Waals surface area contributed by atoms with Crippen LogP contribution in [0.2, 0.25) is 0 Å². The Morgan fingerprint density at radius 3 is 3.08 bits per heavy atom. The molecule has 0 aromatic carbocycles. The molecule has 0 radical (unpaired) electrons. The predicted molar refractivity (Wildman–Crippen MR) is 49.2 cm³/mol. The molecule has 7 heteroatoms. The number of H-pyrrole nitrogens is 1. The number of aliphatic carboxylic acids is 1. The summed E-state index contributed by atoms with van der Waals surface area (Å²) in [6.07, 6.45) is 0.725. The van der Waals surface area contributed by atoms with Crippen LogP contribution in [-0.4, -0.2) is 27.5 Å². The van der Waals surface area contributed by atoms with Gasteiger partial charge in [0.05, 0.1) is 0 Å². The van der Waals surface area contributed by atoms with Gasteiger partial charge in [-0.3, -0.25) is 10.5 Å². The minimum absolute atomic E-state index is 0.395. The number of carboxylic acid groups (broad SMARTS) is 1. The van der Waals surface area contributed by atoms with Gasteiger partial charge in [0.1, 0.15) is 10.9 Å². The van der Waals surface area contributed by atoms with Crippen LogP contribution in [0, 0.1) is 4.64 Å². The summed E-state index contributed by atoms with van der Waals surface area (Å²) in [4.78, 5) is 10.0. The molecule has 0 spiro atoms. The summed E-state index contributed by atoms with van der Waals surface area (Å²) in [5.41, 5.74) is 2.40. The molecule has 68 valence electrons. The second-order valence-corrected chi connectivity index (χ2v) is 2.45. The van der Waals surface area contributed by atoms with Crippen molar-refractivity contribution in [2.75, 3.05) is 5.43 Å². The van der Waals surface area contributed by atoms with Gasteiger partial charge in [-0.15, -0.1) is 0 Å². The first-order valence-corrected chi connectivity index (χ1v) is 3.67. The normalized spacial score (nSPS) is 10.2. The highest BCUT2D eigenvalue weighted by atomic mass is 32.1. The van der Waals surface area contributed by atoms with Gasteiger partial charge in [0.2, 0.25) is 0 Å². The maximum absolute atomic E-state index is 10.0. The summed E-state index contributed by atoms with van der Waals surface area (Å²) in [6.45, 7) is 0. The third kappa shape index (κ3) is 3.43. The molecule has 0 aliphatic heterocycles. The number of nitrogens with zero attached hydrogens (tertiary/aromatic N) is 2. The van der Waals surface area contributed by atoms with Crippen molar-refractivity contribution < 1.29 is 9.90 Å². The van der Waals surface area contributed by atoms with Crippen LogP contribution in [0.25, 0.3) is 0 Å². The Bertz CT molecular complexity index is 366. The highest BCUT2D eigenvalue weighted by Gasteiger charge is 1.89. The lowest BCUT2D eigenvalue weighted by atomic mass is 10.5. The summed E-state index contributed by atoms with van der Waals surface area (Å²) in [5, 5.41) is 17.8. The number of anilines is 1. The van der Waals surface area contributed by atoms with Gasteiger partial charge in [-0.1, -0.05) is 12.2 Å². The van der Waals surface area contributed by atoms with E-state index in [1.165, 1.54) is 0 Å². The van der Waals surface area contributed by atoms with Gasteiger partial charge in [-0.2, -0.15) is 10.2 Å². The molecule has 0 saturated heterocycles. The Morgan fingerprint density at radius 1 is 1.77 bits per heavy atom. The number of hydrogen-bond donors (Lipinski definition) is 3. The molecule has 0 bridgehead atoms. The van der Waals surface area contributed by atoms with Gasteiger partial charge in [-0.25, -0.2) is 4.79 Å². The number of hydrogen-bond acceptors (Lipinski definition) is 5. The maximum atomic E-state index is 10.0. The number of carbonyl (C=O) groups is 1. The van der Waals surface area contributed by atoms with Crippen molar-refractivity contribution in [3.63, 3.8) is 0 Å². The molecule has 0 saturated carbocycles. The summed E-state index contributed by atoms with van der Waals surface area (Å²) < 4.78 is 0.493. The molecule has 0 aliphatic rings. The molecule has 0 unspecified atom stereocenters. The summed E-state index contributed by atoms with van der Waals surface area (Å²) in [7, 11) is 0. The zero-order chi connectivity index (χ0) is 9.68. The van der Waals surface area contributed by atoms with E-state index in [2.05, 4.69) is 20.7 Å². The molecule has 1 heterocycles. The van der Waals surface area contributed by atoms with Crippen molar-refractivity contribution in [3.05, 3.63) is 16.8 Å². The van der Waals surface area contributed by atoms with Gasteiger partial charge < -0.3 is 5.11 Å². The van der Waals surface area contributed by atoms with Crippen molar-refractivity contribution in [2.45, 2.75) is 0 Å². The minimum atomic E-state index is -1.13. The second-order valence-electron chi connectivity index (χ2n) is 2.01. The highest BCUT2D eigenvalue weighted by Crippen LogP contribution is 1.97. The fraction of sp³-hybridized carbons (Fsp3) is 0. The molecular weight excluding hydrogens is 192 g/mol. The SMILES string of the molecule is O=C(O)/C=N\Nc1ccc(=S)[nH]n1. The van der Waals surface area contributed by atoms with Crippen LogP contribution in [-0.2, 0) is 4.79 Å². The number of rotatable bonds is 3. The van der Waals surface area contributed by atoms with Crippen molar-refractivity contribution in [2.24, 2.45) is 5.10 Å². The van der Waals surface area contributed by atoms with E-state index >= 15 is 0 Å². The lowest BCUT2D eigenvalue weighted by Gasteiger charge is -1.95. The van der Waals surface area contributed by atoms with Crippen molar-refractivity contribution in [3.8, 4) is 0 Å². The van der Waals surface area contributed by atoms with Gasteiger partial charge in [0, 0.05) is 0 Å². The quantitative estimate of drug-likeness (QED) is 0.376. The monoisotopic (exact) mass is 198 g/mol. The smallest absolute Gasteiger partial charge is 0.348 e. The number of nitrogens with one attached hydrogen (secondary N) is 2. The lowest BCUT2D eigenvalue weighted by molar-refractivity contribution is -0.128. The number of carboxylic acids is 1. The van der Waals surface area contributed by atoms with Gasteiger partial charge in [-0.05, 0) is 12.1 Å². The van der Waals surface area contributed by atoms with Crippen LogP contribution in [0.15, 0.2) is 17.2 Å². The molecule has 13 heavy (non-hydrogen) atoms. The Hall–Kier alpha value is -1.76. The third-order valence-corrected chi connectivity index (χ3v) is 1.26. The molecule has 0 amide bonds. The first-order chi connectivity index (χ1) is 6.18. The van der Waals surface area contributed by atoms with E-state index in [1.54, 1.807) is 12.1 Å². The zero-order valence-electron chi connectivity index (χ0n) is 6.39. The Morgan fingerprint density at radius 2 is 2.54 bits per heavy atom. The van der Waals surface area contributed by atoms with Crippen LogP contribution < -0.4 is 5.43 Å². The lowest BCUT2D eigenvalue weighted by Crippen LogP contribution is -2.00. The van der Waals surface area contributed by atoms with Crippen LogP contribution in [0.4, 0.5) is 5.82 Å².